The minimum atomic E-state index is 0.763. The molecule has 3 aromatic carbocycles. The lowest BCUT2D eigenvalue weighted by Crippen LogP contribution is -2.37. The van der Waals surface area contributed by atoms with Gasteiger partial charge in [0.15, 0.2) is 0 Å². The van der Waals surface area contributed by atoms with Crippen LogP contribution < -0.4 is 0 Å². The Morgan fingerprint density at radius 2 is 1.41 bits per heavy atom. The Balaban J connectivity index is 1.13. The Labute approximate surface area is 175 Å². The summed E-state index contributed by atoms with van der Waals surface area (Å²) in [5.74, 6) is 1.59. The number of benzene rings is 3. The molecule has 0 aliphatic carbocycles. The van der Waals surface area contributed by atoms with Gasteiger partial charge in [-0.25, -0.2) is 0 Å². The van der Waals surface area contributed by atoms with Gasteiger partial charge in [-0.15, -0.1) is 0 Å². The molecule has 29 heavy (non-hydrogen) atoms. The highest BCUT2D eigenvalue weighted by molar-refractivity contribution is 5.85. The average molecular weight is 385 g/mol. The highest BCUT2D eigenvalue weighted by Crippen LogP contribution is 2.29. The molecule has 150 valence electrons. The van der Waals surface area contributed by atoms with E-state index < -0.39 is 0 Å². The molecule has 2 saturated heterocycles. The topological polar surface area (TPSA) is 6.48 Å². The number of piperidine rings is 1. The lowest BCUT2D eigenvalue weighted by Gasteiger charge is -2.33. The summed E-state index contributed by atoms with van der Waals surface area (Å²) in [4.78, 5) is 5.40. The molecule has 1 atom stereocenters. The van der Waals surface area contributed by atoms with Crippen molar-refractivity contribution in [2.45, 2.75) is 31.7 Å². The molecule has 0 amide bonds. The highest BCUT2D eigenvalue weighted by Gasteiger charge is 2.27. The van der Waals surface area contributed by atoms with E-state index in [1.165, 1.54) is 73.9 Å². The van der Waals surface area contributed by atoms with Crippen molar-refractivity contribution in [3.05, 3.63) is 83.9 Å². The number of hydrogen-bond donors (Lipinski definition) is 0. The summed E-state index contributed by atoms with van der Waals surface area (Å²) in [7, 11) is 0. The fourth-order valence-electron chi connectivity index (χ4n) is 5.42. The van der Waals surface area contributed by atoms with E-state index >= 15 is 0 Å². The molecule has 2 aliphatic heterocycles. The first-order chi connectivity index (χ1) is 14.3. The summed E-state index contributed by atoms with van der Waals surface area (Å²) in [6, 6.07) is 26.7. The number of likely N-dealkylation sites (tertiary alicyclic amines) is 2. The van der Waals surface area contributed by atoms with Crippen LogP contribution in [0.15, 0.2) is 72.8 Å². The summed E-state index contributed by atoms with van der Waals surface area (Å²) >= 11 is 0. The molecule has 3 aromatic rings. The zero-order chi connectivity index (χ0) is 19.5. The van der Waals surface area contributed by atoms with Crippen molar-refractivity contribution >= 4 is 10.8 Å². The zero-order valence-corrected chi connectivity index (χ0v) is 17.3. The quantitative estimate of drug-likeness (QED) is 0.570. The van der Waals surface area contributed by atoms with Crippen LogP contribution in [0.2, 0.25) is 0 Å². The van der Waals surface area contributed by atoms with Crippen molar-refractivity contribution < 1.29 is 0 Å². The van der Waals surface area contributed by atoms with E-state index in [1.807, 2.05) is 0 Å². The van der Waals surface area contributed by atoms with E-state index in [4.69, 9.17) is 0 Å². The third-order valence-electron chi connectivity index (χ3n) is 7.02. The second kappa shape index (κ2) is 8.69. The van der Waals surface area contributed by atoms with Crippen LogP contribution in [0.3, 0.4) is 0 Å². The molecule has 0 radical (unpaired) electrons. The molecule has 0 spiro atoms. The van der Waals surface area contributed by atoms with Gasteiger partial charge < -0.3 is 4.90 Å². The lowest BCUT2D eigenvalue weighted by molar-refractivity contribution is 0.181. The van der Waals surface area contributed by atoms with Crippen LogP contribution in [-0.2, 0) is 6.54 Å². The second-order valence-corrected chi connectivity index (χ2v) is 9.01. The van der Waals surface area contributed by atoms with Crippen molar-refractivity contribution in [1.82, 2.24) is 9.80 Å². The molecule has 0 bridgehead atoms. The van der Waals surface area contributed by atoms with E-state index in [2.05, 4.69) is 82.6 Å². The van der Waals surface area contributed by atoms with Crippen molar-refractivity contribution in [2.75, 3.05) is 32.7 Å². The predicted octanol–water partition coefficient (Wildman–Crippen LogP) is 5.54. The van der Waals surface area contributed by atoms with Crippen LogP contribution in [0.25, 0.3) is 10.8 Å². The molecule has 2 nitrogen and oxygen atoms in total. The number of fused-ring (bicyclic) bond motifs is 1. The summed E-state index contributed by atoms with van der Waals surface area (Å²) in [5.41, 5.74) is 3.02. The molecule has 2 fully saturated rings. The van der Waals surface area contributed by atoms with Gasteiger partial charge in [0.05, 0.1) is 0 Å². The first kappa shape index (κ1) is 18.8. The van der Waals surface area contributed by atoms with Gasteiger partial charge >= 0.3 is 0 Å². The fourth-order valence-corrected chi connectivity index (χ4v) is 5.42. The summed E-state index contributed by atoms with van der Waals surface area (Å²) in [6.45, 7) is 7.40. The number of rotatable bonds is 5. The minimum Gasteiger partial charge on any atom is -0.303 e. The van der Waals surface area contributed by atoms with E-state index in [9.17, 15) is 0 Å². The lowest BCUT2D eigenvalue weighted by atomic mass is 9.89. The third-order valence-corrected chi connectivity index (χ3v) is 7.02. The second-order valence-electron chi connectivity index (χ2n) is 9.01. The third kappa shape index (κ3) is 4.39. The maximum absolute atomic E-state index is 2.73. The van der Waals surface area contributed by atoms with Crippen LogP contribution >= 0.6 is 0 Å². The predicted molar refractivity (Wildman–Crippen MR) is 122 cm³/mol. The van der Waals surface area contributed by atoms with Crippen molar-refractivity contribution in [3.63, 3.8) is 0 Å². The van der Waals surface area contributed by atoms with E-state index in [-0.39, 0.29) is 0 Å². The molecule has 0 saturated carbocycles. The van der Waals surface area contributed by atoms with Crippen molar-refractivity contribution in [2.24, 2.45) is 5.92 Å². The van der Waals surface area contributed by atoms with Gasteiger partial charge in [-0.1, -0.05) is 72.8 Å². The average Bonchev–Trinajstić information content (AvgIpc) is 3.22. The van der Waals surface area contributed by atoms with E-state index in [0.29, 0.717) is 0 Å². The Kier molecular flexibility index (Phi) is 5.64. The SMILES string of the molecule is c1ccc(C2CCN(CC3CCN(Cc4cccc5ccccc45)C3)CC2)cc1. The Bertz CT molecular complexity index is 922. The molecule has 0 N–H and O–H groups in total. The van der Waals surface area contributed by atoms with Gasteiger partial charge in [0.1, 0.15) is 0 Å². The first-order valence-corrected chi connectivity index (χ1v) is 11.3. The van der Waals surface area contributed by atoms with E-state index in [1.54, 1.807) is 0 Å². The summed E-state index contributed by atoms with van der Waals surface area (Å²) in [5, 5.41) is 2.78. The summed E-state index contributed by atoms with van der Waals surface area (Å²) < 4.78 is 0. The standard InChI is InChI=1S/C27H32N2/c1-2-7-23(8-3-1)24-14-17-28(18-15-24)19-22-13-16-29(20-22)21-26-11-6-10-25-9-4-5-12-27(25)26/h1-12,22,24H,13-21H2. The van der Waals surface area contributed by atoms with Crippen LogP contribution in [0.5, 0.6) is 0 Å². The smallest absolute Gasteiger partial charge is 0.0240 e. The molecule has 0 aromatic heterocycles. The fraction of sp³-hybridized carbons (Fsp3) is 0.407. The van der Waals surface area contributed by atoms with Gasteiger partial charge in [0.2, 0.25) is 0 Å². The molecular formula is C27H32N2. The van der Waals surface area contributed by atoms with Gasteiger partial charge in [0, 0.05) is 19.6 Å². The van der Waals surface area contributed by atoms with Crippen LogP contribution in [0, 0.1) is 5.92 Å². The van der Waals surface area contributed by atoms with E-state index in [0.717, 1.165) is 18.4 Å². The Morgan fingerprint density at radius 3 is 2.28 bits per heavy atom. The monoisotopic (exact) mass is 384 g/mol. The summed E-state index contributed by atoms with van der Waals surface area (Å²) in [6.07, 6.45) is 3.98. The van der Waals surface area contributed by atoms with Gasteiger partial charge in [-0.2, -0.15) is 0 Å². The van der Waals surface area contributed by atoms with Crippen molar-refractivity contribution in [3.8, 4) is 0 Å². The zero-order valence-electron chi connectivity index (χ0n) is 17.3. The number of nitrogens with zero attached hydrogens (tertiary/aromatic N) is 2. The van der Waals surface area contributed by atoms with Crippen LogP contribution in [0.1, 0.15) is 36.3 Å². The molecule has 2 heterocycles. The van der Waals surface area contributed by atoms with Crippen molar-refractivity contribution in [1.29, 1.82) is 0 Å². The molecular weight excluding hydrogens is 352 g/mol. The Morgan fingerprint density at radius 1 is 0.690 bits per heavy atom. The van der Waals surface area contributed by atoms with Crippen LogP contribution in [0.4, 0.5) is 0 Å². The normalized spacial score (nSPS) is 21.7. The Hall–Kier alpha value is -2.16. The molecule has 2 aliphatic rings. The maximum Gasteiger partial charge on any atom is 0.0240 e. The maximum atomic E-state index is 2.73. The first-order valence-electron chi connectivity index (χ1n) is 11.3. The molecule has 5 rings (SSSR count). The van der Waals surface area contributed by atoms with Crippen LogP contribution in [-0.4, -0.2) is 42.5 Å². The molecule has 1 unspecified atom stereocenters. The minimum absolute atomic E-state index is 0.763. The number of hydrogen-bond acceptors (Lipinski definition) is 2. The molecule has 2 heteroatoms. The van der Waals surface area contributed by atoms with Gasteiger partial charge in [-0.05, 0) is 72.6 Å². The largest absolute Gasteiger partial charge is 0.303 e. The van der Waals surface area contributed by atoms with Gasteiger partial charge in [0.25, 0.3) is 0 Å². The van der Waals surface area contributed by atoms with Gasteiger partial charge in [-0.3, -0.25) is 4.90 Å². The highest BCUT2D eigenvalue weighted by atomic mass is 15.2.